The average molecular weight is 307 g/mol. The Kier molecular flexibility index (Phi) is 3.61. The van der Waals surface area contributed by atoms with Gasteiger partial charge in [-0.25, -0.2) is 8.42 Å². The smallest absolute Gasteiger partial charge is 0.243 e. The normalized spacial score (nSPS) is 14.6. The largest absolute Gasteiger partial charge is 0.469 e. The lowest BCUT2D eigenvalue weighted by Crippen LogP contribution is -2.26. The van der Waals surface area contributed by atoms with E-state index in [-0.39, 0.29) is 6.54 Å². The summed E-state index contributed by atoms with van der Waals surface area (Å²) in [7, 11) is -1.94. The Balaban J connectivity index is 1.87. The molecule has 0 radical (unpaired) electrons. The fraction of sp³-hybridized carbons (Fsp3) is 0.333. The predicted octanol–water partition coefficient (Wildman–Crippen LogP) is 2.44. The quantitative estimate of drug-likeness (QED) is 0.870. The van der Waals surface area contributed by atoms with E-state index in [4.69, 9.17) is 9.15 Å². The first kappa shape index (κ1) is 14.3. The zero-order valence-corrected chi connectivity index (χ0v) is 12.8. The van der Waals surface area contributed by atoms with Gasteiger partial charge < -0.3 is 9.15 Å². The minimum absolute atomic E-state index is 0.290. The first-order valence-electron chi connectivity index (χ1n) is 6.67. The minimum Gasteiger partial charge on any atom is -0.469 e. The Bertz CT molecular complexity index is 764. The van der Waals surface area contributed by atoms with Crippen LogP contribution in [0.2, 0.25) is 0 Å². The highest BCUT2D eigenvalue weighted by atomic mass is 32.2. The summed E-state index contributed by atoms with van der Waals surface area (Å²) in [6.07, 6.45) is 1.57. The Morgan fingerprint density at radius 2 is 1.95 bits per heavy atom. The highest BCUT2D eigenvalue weighted by Gasteiger charge is 2.24. The van der Waals surface area contributed by atoms with Gasteiger partial charge in [0.2, 0.25) is 10.0 Å². The van der Waals surface area contributed by atoms with Crippen molar-refractivity contribution in [3.63, 3.8) is 0 Å². The van der Waals surface area contributed by atoms with Gasteiger partial charge in [-0.15, -0.1) is 0 Å². The van der Waals surface area contributed by atoms with E-state index in [1.807, 2.05) is 13.0 Å². The molecule has 1 aliphatic rings. The topological polar surface area (TPSA) is 59.8 Å². The number of rotatable bonds is 4. The van der Waals surface area contributed by atoms with Crippen LogP contribution in [0.15, 0.2) is 39.8 Å². The monoisotopic (exact) mass is 307 g/mol. The molecular weight excluding hydrogens is 290 g/mol. The summed E-state index contributed by atoms with van der Waals surface area (Å²) < 4.78 is 37.1. The SMILES string of the molecule is Cc1occc1CN(C)S(=O)(=O)c1ccc2c(c1)COC2. The summed E-state index contributed by atoms with van der Waals surface area (Å²) in [6.45, 7) is 3.14. The van der Waals surface area contributed by atoms with Crippen LogP contribution in [-0.4, -0.2) is 19.8 Å². The van der Waals surface area contributed by atoms with Crippen molar-refractivity contribution in [2.75, 3.05) is 7.05 Å². The number of hydrogen-bond acceptors (Lipinski definition) is 4. The van der Waals surface area contributed by atoms with E-state index < -0.39 is 10.0 Å². The minimum atomic E-state index is -3.52. The number of furan rings is 1. The van der Waals surface area contributed by atoms with Crippen molar-refractivity contribution in [1.29, 1.82) is 0 Å². The van der Waals surface area contributed by atoms with Crippen molar-refractivity contribution < 1.29 is 17.6 Å². The predicted molar refractivity (Wildman–Crippen MR) is 77.0 cm³/mol. The van der Waals surface area contributed by atoms with Gasteiger partial charge in [-0.2, -0.15) is 4.31 Å². The molecular formula is C15H17NO4S. The van der Waals surface area contributed by atoms with Crippen LogP contribution in [0.3, 0.4) is 0 Å². The van der Waals surface area contributed by atoms with Crippen molar-refractivity contribution in [2.24, 2.45) is 0 Å². The van der Waals surface area contributed by atoms with Crippen molar-refractivity contribution in [3.8, 4) is 0 Å². The number of benzene rings is 1. The van der Waals surface area contributed by atoms with Crippen molar-refractivity contribution in [3.05, 3.63) is 53.0 Å². The van der Waals surface area contributed by atoms with Crippen molar-refractivity contribution >= 4 is 10.0 Å². The first-order valence-corrected chi connectivity index (χ1v) is 8.11. The van der Waals surface area contributed by atoms with Crippen molar-refractivity contribution in [2.45, 2.75) is 31.6 Å². The molecule has 0 unspecified atom stereocenters. The Labute approximate surface area is 124 Å². The maximum Gasteiger partial charge on any atom is 0.243 e. The lowest BCUT2D eigenvalue weighted by atomic mass is 10.1. The molecule has 0 atom stereocenters. The van der Waals surface area contributed by atoms with Gasteiger partial charge in [-0.3, -0.25) is 0 Å². The van der Waals surface area contributed by atoms with Gasteiger partial charge >= 0.3 is 0 Å². The van der Waals surface area contributed by atoms with Crippen LogP contribution >= 0.6 is 0 Å². The number of hydrogen-bond donors (Lipinski definition) is 0. The molecule has 112 valence electrons. The van der Waals surface area contributed by atoms with Gasteiger partial charge in [0, 0.05) is 19.2 Å². The van der Waals surface area contributed by atoms with Crippen LogP contribution in [0.5, 0.6) is 0 Å². The molecule has 0 aliphatic carbocycles. The van der Waals surface area contributed by atoms with Gasteiger partial charge in [0.15, 0.2) is 0 Å². The molecule has 3 rings (SSSR count). The summed E-state index contributed by atoms with van der Waals surface area (Å²) >= 11 is 0. The van der Waals surface area contributed by atoms with Crippen LogP contribution in [0, 0.1) is 6.92 Å². The van der Waals surface area contributed by atoms with Crippen LogP contribution in [-0.2, 0) is 34.5 Å². The molecule has 1 aromatic heterocycles. The molecule has 1 aliphatic heterocycles. The second-order valence-corrected chi connectivity index (χ2v) is 7.23. The highest BCUT2D eigenvalue weighted by Crippen LogP contribution is 2.25. The maximum absolute atomic E-state index is 12.6. The van der Waals surface area contributed by atoms with E-state index >= 15 is 0 Å². The molecule has 0 fully saturated rings. The second-order valence-electron chi connectivity index (χ2n) is 5.19. The molecule has 2 aromatic rings. The fourth-order valence-electron chi connectivity index (χ4n) is 2.39. The lowest BCUT2D eigenvalue weighted by Gasteiger charge is -2.17. The standard InChI is InChI=1S/C15H17NO4S/c1-11-12(5-6-20-11)8-16(2)21(17,18)15-4-3-13-9-19-10-14(13)7-15/h3-7H,8-10H2,1-2H3. The Morgan fingerprint density at radius 3 is 2.67 bits per heavy atom. The lowest BCUT2D eigenvalue weighted by molar-refractivity contribution is 0.134. The van der Waals surface area contributed by atoms with Crippen LogP contribution < -0.4 is 0 Å². The van der Waals surface area contributed by atoms with Crippen LogP contribution in [0.4, 0.5) is 0 Å². The van der Waals surface area contributed by atoms with E-state index in [1.54, 1.807) is 31.5 Å². The summed E-state index contributed by atoms with van der Waals surface area (Å²) in [4.78, 5) is 0.301. The molecule has 21 heavy (non-hydrogen) atoms. The molecule has 0 amide bonds. The summed E-state index contributed by atoms with van der Waals surface area (Å²) in [6, 6.07) is 6.96. The number of nitrogens with zero attached hydrogens (tertiary/aromatic N) is 1. The van der Waals surface area contributed by atoms with Gasteiger partial charge in [0.25, 0.3) is 0 Å². The first-order chi connectivity index (χ1) is 9.98. The van der Waals surface area contributed by atoms with E-state index in [2.05, 4.69) is 0 Å². The average Bonchev–Trinajstić information content (AvgIpc) is 3.07. The third kappa shape index (κ3) is 2.62. The fourth-order valence-corrected chi connectivity index (χ4v) is 3.59. The molecule has 1 aromatic carbocycles. The number of ether oxygens (including phenoxy) is 1. The third-order valence-electron chi connectivity index (χ3n) is 3.76. The number of sulfonamides is 1. The number of fused-ring (bicyclic) bond motifs is 1. The molecule has 0 spiro atoms. The van der Waals surface area contributed by atoms with Crippen LogP contribution in [0.25, 0.3) is 0 Å². The molecule has 6 heteroatoms. The van der Waals surface area contributed by atoms with E-state index in [1.165, 1.54) is 4.31 Å². The molecule has 0 saturated carbocycles. The van der Waals surface area contributed by atoms with Gasteiger partial charge in [0.1, 0.15) is 5.76 Å². The maximum atomic E-state index is 12.6. The summed E-state index contributed by atoms with van der Waals surface area (Å²) in [5, 5.41) is 0. The molecule has 2 heterocycles. The van der Waals surface area contributed by atoms with Gasteiger partial charge in [-0.05, 0) is 36.2 Å². The second kappa shape index (κ2) is 5.29. The van der Waals surface area contributed by atoms with E-state index in [0.717, 1.165) is 22.5 Å². The van der Waals surface area contributed by atoms with E-state index in [9.17, 15) is 8.42 Å². The Morgan fingerprint density at radius 1 is 1.19 bits per heavy atom. The molecule has 0 N–H and O–H groups in total. The molecule has 0 bridgehead atoms. The van der Waals surface area contributed by atoms with Gasteiger partial charge in [-0.1, -0.05) is 6.07 Å². The van der Waals surface area contributed by atoms with Crippen molar-refractivity contribution in [1.82, 2.24) is 4.31 Å². The molecule has 5 nitrogen and oxygen atoms in total. The summed E-state index contributed by atoms with van der Waals surface area (Å²) in [5.74, 6) is 0.736. The molecule has 0 saturated heterocycles. The zero-order valence-electron chi connectivity index (χ0n) is 12.0. The van der Waals surface area contributed by atoms with Gasteiger partial charge in [0.05, 0.1) is 24.4 Å². The Hall–Kier alpha value is -1.63. The van der Waals surface area contributed by atoms with Crippen LogP contribution in [0.1, 0.15) is 22.5 Å². The highest BCUT2D eigenvalue weighted by molar-refractivity contribution is 7.89. The third-order valence-corrected chi connectivity index (χ3v) is 5.56. The number of aryl methyl sites for hydroxylation is 1. The summed E-state index contributed by atoms with van der Waals surface area (Å²) in [5.41, 5.74) is 2.87. The zero-order chi connectivity index (χ0) is 15.0. The van der Waals surface area contributed by atoms with E-state index in [0.29, 0.717) is 18.1 Å².